The lowest BCUT2D eigenvalue weighted by Crippen LogP contribution is -2.51. The van der Waals surface area contributed by atoms with E-state index in [4.69, 9.17) is 18.9 Å². The summed E-state index contributed by atoms with van der Waals surface area (Å²) in [5, 5.41) is 0. The van der Waals surface area contributed by atoms with Crippen molar-refractivity contribution in [3.63, 3.8) is 0 Å². The van der Waals surface area contributed by atoms with Crippen LogP contribution in [0.3, 0.4) is 0 Å². The van der Waals surface area contributed by atoms with Gasteiger partial charge in [-0.3, -0.25) is 19.2 Å². The van der Waals surface area contributed by atoms with Crippen LogP contribution in [0.4, 0.5) is 0 Å². The van der Waals surface area contributed by atoms with Gasteiger partial charge in [0.05, 0.1) is 24.2 Å². The van der Waals surface area contributed by atoms with Gasteiger partial charge in [-0.25, -0.2) is 4.79 Å². The van der Waals surface area contributed by atoms with Gasteiger partial charge in [0, 0.05) is 12.5 Å². The molecule has 5 fully saturated rings. The van der Waals surface area contributed by atoms with Crippen LogP contribution < -0.4 is 9.47 Å². The van der Waals surface area contributed by atoms with E-state index in [0.29, 0.717) is 16.5 Å². The Bertz CT molecular complexity index is 2150. The highest BCUT2D eigenvalue weighted by Gasteiger charge is 2.59. The third-order valence-corrected chi connectivity index (χ3v) is 16.9. The van der Waals surface area contributed by atoms with Gasteiger partial charge in [0.2, 0.25) is 0 Å². The van der Waals surface area contributed by atoms with Crippen molar-refractivity contribution in [3.05, 3.63) is 76.9 Å². The molecule has 0 radical (unpaired) electrons. The smallest absolute Gasteiger partial charge is 0.336 e. The Morgan fingerprint density at radius 2 is 1.57 bits per heavy atom. The van der Waals surface area contributed by atoms with Crippen LogP contribution in [-0.4, -0.2) is 36.0 Å². The zero-order valence-corrected chi connectivity index (χ0v) is 36.5. The number of allylic oxidation sites excluding steroid dienone is 1. The number of rotatable bonds is 11. The fourth-order valence-corrected chi connectivity index (χ4v) is 13.8. The molecule has 2 aliphatic heterocycles. The first-order valence-electron chi connectivity index (χ1n) is 23.2. The van der Waals surface area contributed by atoms with Crippen LogP contribution in [0.1, 0.15) is 147 Å². The molecule has 2 heterocycles. The Morgan fingerprint density at radius 1 is 0.803 bits per heavy atom. The van der Waals surface area contributed by atoms with Crippen LogP contribution in [0.15, 0.2) is 60.2 Å². The summed E-state index contributed by atoms with van der Waals surface area (Å²) in [5.74, 6) is -0.214. The van der Waals surface area contributed by atoms with E-state index in [1.54, 1.807) is 29.8 Å². The summed E-state index contributed by atoms with van der Waals surface area (Å²) in [7, 11) is 0. The molecule has 2 aromatic rings. The first-order valence-corrected chi connectivity index (χ1v) is 23.2. The average Bonchev–Trinajstić information content (AvgIpc) is 3.86. The van der Waals surface area contributed by atoms with Crippen LogP contribution in [0.25, 0.3) is 6.08 Å². The Balaban J connectivity index is 0.803. The Kier molecular flexibility index (Phi) is 11.2. The predicted octanol–water partition coefficient (Wildman–Crippen LogP) is 10.5. The SMILES string of the molecule is CC(C)CCC[C@@H](C)[C@H]1CCC2C3CC=C4CC(Oc5ccc(C=CC(=O)Oc6ccc7c(c6)C6C(=O)OC(=O)C6CC7C6CC(=O)OC6=O)cc5)CC[C@]4(C)C3CC[C@@]21C. The second-order valence-corrected chi connectivity index (χ2v) is 20.7. The largest absolute Gasteiger partial charge is 0.490 e. The van der Waals surface area contributed by atoms with Crippen molar-refractivity contribution in [2.45, 2.75) is 136 Å². The molecule has 12 atom stereocenters. The van der Waals surface area contributed by atoms with E-state index in [1.807, 2.05) is 24.3 Å². The summed E-state index contributed by atoms with van der Waals surface area (Å²) < 4.78 is 22.0. The number of carbonyl (C=O) groups excluding carboxylic acids is 5. The molecule has 7 aliphatic rings. The van der Waals surface area contributed by atoms with Gasteiger partial charge < -0.3 is 18.9 Å². The predicted molar refractivity (Wildman–Crippen MR) is 229 cm³/mol. The van der Waals surface area contributed by atoms with Crippen molar-refractivity contribution in [1.82, 2.24) is 0 Å². The van der Waals surface area contributed by atoms with E-state index in [-0.39, 0.29) is 30.1 Å². The number of cyclic esters (lactones) is 4. The molecule has 2 saturated heterocycles. The van der Waals surface area contributed by atoms with Gasteiger partial charge in [0.15, 0.2) is 0 Å². The molecule has 0 aromatic heterocycles. The molecule has 5 aliphatic carbocycles. The summed E-state index contributed by atoms with van der Waals surface area (Å²) >= 11 is 0. The van der Waals surface area contributed by atoms with E-state index >= 15 is 0 Å². The number of hydrogen-bond acceptors (Lipinski definition) is 9. The van der Waals surface area contributed by atoms with E-state index in [0.717, 1.165) is 59.7 Å². The quantitative estimate of drug-likeness (QED) is 0.0716. The minimum atomic E-state index is -0.876. The second-order valence-electron chi connectivity index (χ2n) is 20.7. The fourth-order valence-electron chi connectivity index (χ4n) is 13.8. The zero-order chi connectivity index (χ0) is 42.8. The summed E-state index contributed by atoms with van der Waals surface area (Å²) in [6.45, 7) is 12.5. The lowest BCUT2D eigenvalue weighted by molar-refractivity contribution is -0.155. The highest BCUT2D eigenvalue weighted by atomic mass is 16.6. The van der Waals surface area contributed by atoms with Gasteiger partial charge in [-0.1, -0.05) is 83.7 Å². The number of carbonyl (C=O) groups is 5. The molecule has 3 saturated carbocycles. The van der Waals surface area contributed by atoms with Crippen LogP contribution in [0.5, 0.6) is 11.5 Å². The average molecular weight is 831 g/mol. The fraction of sp³-hybridized carbons (Fsp3) is 0.596. The minimum Gasteiger partial charge on any atom is -0.490 e. The third kappa shape index (κ3) is 7.70. The first-order chi connectivity index (χ1) is 29.2. The summed E-state index contributed by atoms with van der Waals surface area (Å²) in [6, 6.07) is 12.6. The van der Waals surface area contributed by atoms with Gasteiger partial charge in [-0.15, -0.1) is 0 Å². The summed E-state index contributed by atoms with van der Waals surface area (Å²) in [5.41, 5.74) is 4.29. The minimum absolute atomic E-state index is 0.101. The molecular formula is C52H62O9. The standard InChI is InChI=1S/C52H62O9/c1-29(2)7-6-8-30(3)42-18-19-43-37-16-12-32-25-35(21-23-51(32,4)44(37)22-24-52(42,43)5)58-33-13-9-31(10-14-33)11-20-45(53)59-34-15-17-36-38(40-28-46(54)60-48(40)55)27-41-47(39(36)26-34)50(57)61-49(41)56/h9-15,17,20,26,29-30,35,37-38,40-44,47H,6-8,16,18-19,21-25,27-28H2,1-5H3/t30-,35?,37?,38?,40?,41?,42-,43?,44?,47?,51+,52-/m1/s1. The molecule has 9 rings (SSSR count). The Morgan fingerprint density at radius 3 is 2.33 bits per heavy atom. The molecule has 0 spiro atoms. The van der Waals surface area contributed by atoms with Crippen molar-refractivity contribution in [1.29, 1.82) is 0 Å². The molecule has 9 heteroatoms. The monoisotopic (exact) mass is 830 g/mol. The van der Waals surface area contributed by atoms with Crippen molar-refractivity contribution in [2.75, 3.05) is 0 Å². The van der Waals surface area contributed by atoms with Gasteiger partial charge in [0.25, 0.3) is 0 Å². The number of fused-ring (bicyclic) bond motifs is 8. The molecule has 0 N–H and O–H groups in total. The van der Waals surface area contributed by atoms with Crippen LogP contribution in [0.2, 0.25) is 0 Å². The van der Waals surface area contributed by atoms with Gasteiger partial charge in [-0.2, -0.15) is 0 Å². The number of hydrogen-bond donors (Lipinski definition) is 0. The Labute approximate surface area is 360 Å². The topological polar surface area (TPSA) is 122 Å². The van der Waals surface area contributed by atoms with Gasteiger partial charge in [-0.05, 0) is 151 Å². The highest BCUT2D eigenvalue weighted by molar-refractivity contribution is 6.01. The molecule has 2 aromatic carbocycles. The van der Waals surface area contributed by atoms with E-state index in [1.165, 1.54) is 63.9 Å². The van der Waals surface area contributed by atoms with Crippen LogP contribution in [0, 0.1) is 58.2 Å². The molecular weight excluding hydrogens is 769 g/mol. The molecule has 324 valence electrons. The van der Waals surface area contributed by atoms with Crippen molar-refractivity contribution >= 4 is 35.9 Å². The number of ether oxygens (including phenoxy) is 4. The van der Waals surface area contributed by atoms with E-state index < -0.39 is 53.5 Å². The lowest BCUT2D eigenvalue weighted by Gasteiger charge is -2.58. The van der Waals surface area contributed by atoms with Crippen LogP contribution in [-0.2, 0) is 33.4 Å². The second kappa shape index (κ2) is 16.3. The normalized spacial score (nSPS) is 35.7. The van der Waals surface area contributed by atoms with Gasteiger partial charge in [0.1, 0.15) is 17.6 Å². The van der Waals surface area contributed by atoms with E-state index in [2.05, 4.69) is 40.7 Å². The van der Waals surface area contributed by atoms with Crippen molar-refractivity contribution in [2.24, 2.45) is 58.2 Å². The summed E-state index contributed by atoms with van der Waals surface area (Å²) in [4.78, 5) is 62.8. The summed E-state index contributed by atoms with van der Waals surface area (Å²) in [6.07, 6.45) is 20.0. The molecule has 8 unspecified atom stereocenters. The van der Waals surface area contributed by atoms with E-state index in [9.17, 15) is 24.0 Å². The highest BCUT2D eigenvalue weighted by Crippen LogP contribution is 2.67. The van der Waals surface area contributed by atoms with Crippen molar-refractivity contribution < 1.29 is 42.9 Å². The van der Waals surface area contributed by atoms with Crippen LogP contribution >= 0.6 is 0 Å². The first kappa shape index (κ1) is 41.8. The zero-order valence-electron chi connectivity index (χ0n) is 36.5. The maximum absolute atomic E-state index is 13.0. The molecule has 0 bridgehead atoms. The third-order valence-electron chi connectivity index (χ3n) is 16.9. The molecule has 61 heavy (non-hydrogen) atoms. The maximum Gasteiger partial charge on any atom is 0.336 e. The van der Waals surface area contributed by atoms with Crippen molar-refractivity contribution in [3.8, 4) is 11.5 Å². The Hall–Kier alpha value is -4.53. The van der Waals surface area contributed by atoms with Gasteiger partial charge >= 0.3 is 29.8 Å². The lowest BCUT2D eigenvalue weighted by atomic mass is 9.47. The molecule has 9 nitrogen and oxygen atoms in total. The molecule has 0 amide bonds. The number of esters is 5. The number of benzene rings is 2. The maximum atomic E-state index is 13.0.